The molecule has 0 bridgehead atoms. The second kappa shape index (κ2) is 16.0. The van der Waals surface area contributed by atoms with Gasteiger partial charge < -0.3 is 10.2 Å². The van der Waals surface area contributed by atoms with Crippen LogP contribution in [0.1, 0.15) is 43.2 Å². The zero-order chi connectivity index (χ0) is 33.4. The molecule has 2 amide bonds. The molecule has 4 aromatic rings. The average molecular weight is 713 g/mol. The average Bonchev–Trinajstić information content (AvgIpc) is 3.08. The summed E-state index contributed by atoms with van der Waals surface area (Å²) in [5, 5.41) is 3.73. The third kappa shape index (κ3) is 8.68. The summed E-state index contributed by atoms with van der Waals surface area (Å²) in [6.07, 6.45) is 5.08. The second-order valence-electron chi connectivity index (χ2n) is 11.6. The molecule has 4 aromatic carbocycles. The Morgan fingerprint density at radius 2 is 1.38 bits per heavy atom. The van der Waals surface area contributed by atoms with Crippen LogP contribution in [0, 0.1) is 0 Å². The number of nitrogens with zero attached hydrogens (tertiary/aromatic N) is 2. The van der Waals surface area contributed by atoms with Gasteiger partial charge >= 0.3 is 0 Å². The molecule has 1 atom stereocenters. The van der Waals surface area contributed by atoms with Gasteiger partial charge in [-0.3, -0.25) is 13.9 Å². The largest absolute Gasteiger partial charge is 0.352 e. The summed E-state index contributed by atoms with van der Waals surface area (Å²) in [5.74, 6) is -0.917. The number of amides is 2. The fourth-order valence-corrected chi connectivity index (χ4v) is 7.92. The maximum absolute atomic E-state index is 14.7. The van der Waals surface area contributed by atoms with Crippen molar-refractivity contribution in [1.29, 1.82) is 0 Å². The van der Waals surface area contributed by atoms with Crippen molar-refractivity contribution in [2.45, 2.75) is 62.0 Å². The molecule has 1 aliphatic rings. The van der Waals surface area contributed by atoms with Crippen LogP contribution in [0.15, 0.2) is 108 Å². The summed E-state index contributed by atoms with van der Waals surface area (Å²) < 4.78 is 29.3. The van der Waals surface area contributed by atoms with E-state index < -0.39 is 28.5 Å². The minimum absolute atomic E-state index is 0.00740. The van der Waals surface area contributed by atoms with Crippen molar-refractivity contribution < 1.29 is 18.0 Å². The van der Waals surface area contributed by atoms with E-state index in [0.29, 0.717) is 10.6 Å². The van der Waals surface area contributed by atoms with Gasteiger partial charge in [-0.05, 0) is 54.3 Å². The first-order valence-electron chi connectivity index (χ1n) is 15.5. The number of hydrogen-bond donors (Lipinski definition) is 1. The van der Waals surface area contributed by atoms with Crippen molar-refractivity contribution >= 4 is 62.3 Å². The summed E-state index contributed by atoms with van der Waals surface area (Å²) >= 11 is 19.5. The van der Waals surface area contributed by atoms with Gasteiger partial charge in [-0.15, -0.1) is 0 Å². The van der Waals surface area contributed by atoms with Gasteiger partial charge in [0.2, 0.25) is 11.8 Å². The summed E-state index contributed by atoms with van der Waals surface area (Å²) in [4.78, 5) is 30.3. The van der Waals surface area contributed by atoms with Crippen LogP contribution in [-0.2, 0) is 32.6 Å². The Morgan fingerprint density at radius 3 is 2.06 bits per heavy atom. The number of carbonyl (C=O) groups is 2. The van der Waals surface area contributed by atoms with Crippen LogP contribution in [0.25, 0.3) is 0 Å². The minimum atomic E-state index is -4.31. The van der Waals surface area contributed by atoms with Gasteiger partial charge in [0, 0.05) is 24.0 Å². The van der Waals surface area contributed by atoms with E-state index in [1.54, 1.807) is 48.5 Å². The summed E-state index contributed by atoms with van der Waals surface area (Å²) in [6, 6.07) is 27.9. The number of nitrogens with one attached hydrogen (secondary N) is 1. The first-order valence-corrected chi connectivity index (χ1v) is 18.1. The molecule has 47 heavy (non-hydrogen) atoms. The Hall–Kier alpha value is -3.56. The minimum Gasteiger partial charge on any atom is -0.352 e. The predicted molar refractivity (Wildman–Crippen MR) is 188 cm³/mol. The number of sulfonamides is 1. The molecule has 11 heteroatoms. The standard InChI is InChI=1S/C36H36Cl3N3O4S/c37-30-20-11-10-15-27(30)24-41(33(23-26-13-4-1-5-14-26)36(44)40-28-16-6-2-7-17-28)34(43)25-42(32-22-12-21-31(38)35(32)39)47(45,46)29-18-8-3-9-19-29/h1,3-5,8-15,18-22,28,33H,2,6-7,16-17,23-25H2,(H,40,44). The fraction of sp³-hybridized carbons (Fsp3) is 0.278. The van der Waals surface area contributed by atoms with E-state index >= 15 is 0 Å². The first-order chi connectivity index (χ1) is 22.6. The van der Waals surface area contributed by atoms with E-state index in [0.717, 1.165) is 42.0 Å². The summed E-state index contributed by atoms with van der Waals surface area (Å²) in [6.45, 7) is -0.680. The predicted octanol–water partition coefficient (Wildman–Crippen LogP) is 7.93. The lowest BCUT2D eigenvalue weighted by atomic mass is 9.94. The molecule has 1 unspecified atom stereocenters. The quantitative estimate of drug-likeness (QED) is 0.162. The van der Waals surface area contributed by atoms with Gasteiger partial charge in [0.05, 0.1) is 20.6 Å². The smallest absolute Gasteiger partial charge is 0.264 e. The van der Waals surface area contributed by atoms with Gasteiger partial charge in [-0.2, -0.15) is 0 Å². The van der Waals surface area contributed by atoms with E-state index in [1.807, 2.05) is 30.3 Å². The van der Waals surface area contributed by atoms with Gasteiger partial charge in [0.25, 0.3) is 10.0 Å². The number of anilines is 1. The van der Waals surface area contributed by atoms with Crippen LogP contribution in [0.2, 0.25) is 15.1 Å². The highest BCUT2D eigenvalue weighted by Gasteiger charge is 2.36. The molecular weight excluding hydrogens is 677 g/mol. The number of rotatable bonds is 12. The van der Waals surface area contributed by atoms with Gasteiger partial charge in [-0.1, -0.05) is 127 Å². The molecule has 5 rings (SSSR count). The zero-order valence-electron chi connectivity index (χ0n) is 25.7. The Kier molecular flexibility index (Phi) is 11.9. The van der Waals surface area contributed by atoms with Crippen LogP contribution in [0.4, 0.5) is 5.69 Å². The van der Waals surface area contributed by atoms with Crippen LogP contribution in [-0.4, -0.2) is 43.8 Å². The second-order valence-corrected chi connectivity index (χ2v) is 14.6. The Morgan fingerprint density at radius 1 is 0.766 bits per heavy atom. The molecule has 0 aliphatic heterocycles. The SMILES string of the molecule is O=C(NC1CCCCC1)C(Cc1ccccc1)N(Cc1ccccc1Cl)C(=O)CN(c1cccc(Cl)c1Cl)S(=O)(=O)c1ccccc1. The molecule has 1 fully saturated rings. The molecular formula is C36H36Cl3N3O4S. The van der Waals surface area contributed by atoms with Crippen LogP contribution < -0.4 is 9.62 Å². The number of hydrogen-bond acceptors (Lipinski definition) is 4. The van der Waals surface area contributed by atoms with E-state index in [4.69, 9.17) is 34.8 Å². The Labute approximate surface area is 291 Å². The van der Waals surface area contributed by atoms with Crippen molar-refractivity contribution in [1.82, 2.24) is 10.2 Å². The highest BCUT2D eigenvalue weighted by molar-refractivity contribution is 7.92. The van der Waals surface area contributed by atoms with Crippen molar-refractivity contribution in [3.05, 3.63) is 129 Å². The van der Waals surface area contributed by atoms with E-state index in [2.05, 4.69) is 5.32 Å². The number of halogens is 3. The lowest BCUT2D eigenvalue weighted by Gasteiger charge is -2.35. The molecule has 1 aliphatic carbocycles. The van der Waals surface area contributed by atoms with Crippen LogP contribution in [0.5, 0.6) is 0 Å². The molecule has 0 radical (unpaired) electrons. The molecule has 1 saturated carbocycles. The summed E-state index contributed by atoms with van der Waals surface area (Å²) in [7, 11) is -4.31. The monoisotopic (exact) mass is 711 g/mol. The zero-order valence-corrected chi connectivity index (χ0v) is 28.8. The molecule has 0 saturated heterocycles. The van der Waals surface area contributed by atoms with Crippen molar-refractivity contribution in [3.8, 4) is 0 Å². The molecule has 0 aromatic heterocycles. The maximum Gasteiger partial charge on any atom is 0.264 e. The van der Waals surface area contributed by atoms with Crippen molar-refractivity contribution in [3.63, 3.8) is 0 Å². The highest BCUT2D eigenvalue weighted by atomic mass is 35.5. The fourth-order valence-electron chi connectivity index (χ4n) is 5.83. The molecule has 246 valence electrons. The van der Waals surface area contributed by atoms with Gasteiger partial charge in [0.1, 0.15) is 12.6 Å². The van der Waals surface area contributed by atoms with Crippen molar-refractivity contribution in [2.75, 3.05) is 10.8 Å². The number of benzene rings is 4. The van der Waals surface area contributed by atoms with Crippen LogP contribution in [0.3, 0.4) is 0 Å². The maximum atomic E-state index is 14.7. The van der Waals surface area contributed by atoms with E-state index in [-0.39, 0.29) is 45.5 Å². The van der Waals surface area contributed by atoms with Crippen molar-refractivity contribution in [2.24, 2.45) is 0 Å². The third-order valence-corrected chi connectivity index (χ3v) is 11.3. The van der Waals surface area contributed by atoms with E-state index in [9.17, 15) is 18.0 Å². The first kappa shape index (κ1) is 34.8. The molecule has 0 heterocycles. The molecule has 0 spiro atoms. The Bertz CT molecular complexity index is 1790. The Balaban J connectivity index is 1.59. The normalized spacial score (nSPS) is 14.3. The highest BCUT2D eigenvalue weighted by Crippen LogP contribution is 2.36. The molecule has 7 nitrogen and oxygen atoms in total. The third-order valence-electron chi connectivity index (χ3n) is 8.33. The summed E-state index contributed by atoms with van der Waals surface area (Å²) in [5.41, 5.74) is 1.50. The van der Waals surface area contributed by atoms with Gasteiger partial charge in [-0.25, -0.2) is 8.42 Å². The molecule has 1 N–H and O–H groups in total. The van der Waals surface area contributed by atoms with Gasteiger partial charge in [0.15, 0.2) is 0 Å². The topological polar surface area (TPSA) is 86.8 Å². The lowest BCUT2D eigenvalue weighted by molar-refractivity contribution is -0.140. The number of carbonyl (C=O) groups excluding carboxylic acids is 2. The van der Waals surface area contributed by atoms with E-state index in [1.165, 1.54) is 29.2 Å². The lowest BCUT2D eigenvalue weighted by Crippen LogP contribution is -2.55. The van der Waals surface area contributed by atoms with Crippen LogP contribution >= 0.6 is 34.8 Å².